The number of aryl methyl sites for hydroxylation is 1. The summed E-state index contributed by atoms with van der Waals surface area (Å²) in [6, 6.07) is 7.54. The second kappa shape index (κ2) is 5.93. The minimum Gasteiger partial charge on any atom is -0.454 e. The van der Waals surface area contributed by atoms with E-state index in [0.717, 1.165) is 17.7 Å². The molecule has 0 N–H and O–H groups in total. The Bertz CT molecular complexity index is 653. The number of hydrogen-bond acceptors (Lipinski definition) is 1. The maximum absolute atomic E-state index is 13.8. The van der Waals surface area contributed by atoms with Gasteiger partial charge >= 0.3 is 6.18 Å². The second-order valence-corrected chi connectivity index (χ2v) is 4.73. The molecule has 2 aromatic rings. The van der Waals surface area contributed by atoms with Crippen LogP contribution in [0.1, 0.15) is 18.1 Å². The molecule has 1 nitrogen and oxygen atoms in total. The third-order valence-electron chi connectivity index (χ3n) is 2.90. The van der Waals surface area contributed by atoms with Gasteiger partial charge in [-0.3, -0.25) is 0 Å². The van der Waals surface area contributed by atoms with Gasteiger partial charge in [0.2, 0.25) is 0 Å². The molecule has 0 unspecified atom stereocenters. The normalized spacial score (nSPS) is 11.5. The summed E-state index contributed by atoms with van der Waals surface area (Å²) >= 11 is 5.99. The van der Waals surface area contributed by atoms with Crippen molar-refractivity contribution in [2.75, 3.05) is 0 Å². The molecule has 0 spiro atoms. The summed E-state index contributed by atoms with van der Waals surface area (Å²) in [7, 11) is 0. The first-order chi connectivity index (χ1) is 9.82. The lowest BCUT2D eigenvalue weighted by Crippen LogP contribution is -2.08. The van der Waals surface area contributed by atoms with Crippen molar-refractivity contribution < 1.29 is 22.3 Å². The van der Waals surface area contributed by atoms with Gasteiger partial charge in [-0.2, -0.15) is 13.2 Å². The Labute approximate surface area is 124 Å². The number of benzene rings is 2. The molecule has 6 heteroatoms. The minimum absolute atomic E-state index is 0.176. The van der Waals surface area contributed by atoms with E-state index in [2.05, 4.69) is 0 Å². The van der Waals surface area contributed by atoms with Gasteiger partial charge in [0.05, 0.1) is 5.56 Å². The molecule has 0 aliphatic carbocycles. The second-order valence-electron chi connectivity index (χ2n) is 4.32. The molecule has 21 heavy (non-hydrogen) atoms. The zero-order valence-electron chi connectivity index (χ0n) is 11.0. The highest BCUT2D eigenvalue weighted by Gasteiger charge is 2.35. The van der Waals surface area contributed by atoms with Gasteiger partial charge in [-0.25, -0.2) is 4.39 Å². The Morgan fingerprint density at radius 2 is 1.86 bits per heavy atom. The highest BCUT2D eigenvalue weighted by molar-refractivity contribution is 6.31. The average Bonchev–Trinajstić information content (AvgIpc) is 2.40. The van der Waals surface area contributed by atoms with Crippen LogP contribution in [0, 0.1) is 5.82 Å². The van der Waals surface area contributed by atoms with E-state index in [1.54, 1.807) is 6.07 Å². The Hall–Kier alpha value is -1.75. The van der Waals surface area contributed by atoms with Gasteiger partial charge in [-0.1, -0.05) is 30.7 Å². The number of hydrogen-bond donors (Lipinski definition) is 0. The highest BCUT2D eigenvalue weighted by atomic mass is 35.5. The zero-order chi connectivity index (χ0) is 15.6. The van der Waals surface area contributed by atoms with Crippen LogP contribution >= 0.6 is 11.6 Å². The first-order valence-corrected chi connectivity index (χ1v) is 6.52. The molecular formula is C15H11ClF4O. The van der Waals surface area contributed by atoms with Crippen molar-refractivity contribution in [3.8, 4) is 11.5 Å². The van der Waals surface area contributed by atoms with Crippen molar-refractivity contribution in [2.24, 2.45) is 0 Å². The van der Waals surface area contributed by atoms with E-state index in [-0.39, 0.29) is 5.75 Å². The molecule has 0 radical (unpaired) electrons. The van der Waals surface area contributed by atoms with E-state index in [0.29, 0.717) is 17.5 Å². The number of alkyl halides is 3. The molecule has 0 aliphatic heterocycles. The molecule has 0 saturated heterocycles. The quantitative estimate of drug-likeness (QED) is 0.645. The van der Waals surface area contributed by atoms with Crippen LogP contribution in [0.2, 0.25) is 5.02 Å². The van der Waals surface area contributed by atoms with Gasteiger partial charge in [-0.15, -0.1) is 0 Å². The Balaban J connectivity index is 2.34. The first-order valence-electron chi connectivity index (χ1n) is 6.15. The van der Waals surface area contributed by atoms with E-state index in [4.69, 9.17) is 16.3 Å². The van der Waals surface area contributed by atoms with Crippen LogP contribution in [0.4, 0.5) is 17.6 Å². The van der Waals surface area contributed by atoms with Gasteiger partial charge in [-0.05, 0) is 36.2 Å². The van der Waals surface area contributed by atoms with Gasteiger partial charge in [0.1, 0.15) is 5.75 Å². The molecule has 2 rings (SSSR count). The molecule has 2 aromatic carbocycles. The molecular weight excluding hydrogens is 308 g/mol. The predicted molar refractivity (Wildman–Crippen MR) is 72.3 cm³/mol. The van der Waals surface area contributed by atoms with E-state index < -0.39 is 23.3 Å². The molecule has 112 valence electrons. The van der Waals surface area contributed by atoms with Gasteiger partial charge in [0, 0.05) is 5.02 Å². The number of ether oxygens (including phenoxy) is 1. The largest absolute Gasteiger partial charge is 0.454 e. The van der Waals surface area contributed by atoms with E-state index >= 15 is 0 Å². The standard InChI is InChI=1S/C15H11ClF4O/c1-2-9-6-7-10(8-12(9)16)21-13-5-3-4-11(14(13)17)15(18,19)20/h3-8H,2H2,1H3. The van der Waals surface area contributed by atoms with Gasteiger partial charge < -0.3 is 4.74 Å². The van der Waals surface area contributed by atoms with Crippen LogP contribution in [-0.4, -0.2) is 0 Å². The average molecular weight is 319 g/mol. The maximum atomic E-state index is 13.8. The van der Waals surface area contributed by atoms with E-state index in [1.165, 1.54) is 12.1 Å². The smallest absolute Gasteiger partial charge is 0.419 e. The molecule has 0 aliphatic rings. The molecule has 0 aromatic heterocycles. The zero-order valence-corrected chi connectivity index (χ0v) is 11.7. The monoisotopic (exact) mass is 318 g/mol. The van der Waals surface area contributed by atoms with E-state index in [9.17, 15) is 17.6 Å². The summed E-state index contributed by atoms with van der Waals surface area (Å²) in [5.41, 5.74) is -0.496. The highest BCUT2D eigenvalue weighted by Crippen LogP contribution is 2.36. The van der Waals surface area contributed by atoms with Crippen molar-refractivity contribution in [1.29, 1.82) is 0 Å². The predicted octanol–water partition coefficient (Wildman–Crippen LogP) is 5.85. The Morgan fingerprint density at radius 3 is 2.43 bits per heavy atom. The first kappa shape index (κ1) is 15.6. The maximum Gasteiger partial charge on any atom is 0.419 e. The summed E-state index contributed by atoms with van der Waals surface area (Å²) in [6.45, 7) is 1.91. The topological polar surface area (TPSA) is 9.23 Å². The lowest BCUT2D eigenvalue weighted by Gasteiger charge is -2.12. The van der Waals surface area contributed by atoms with Crippen LogP contribution in [0.5, 0.6) is 11.5 Å². The Morgan fingerprint density at radius 1 is 1.14 bits per heavy atom. The fourth-order valence-electron chi connectivity index (χ4n) is 1.81. The van der Waals surface area contributed by atoms with Gasteiger partial charge in [0.25, 0.3) is 0 Å². The van der Waals surface area contributed by atoms with Crippen molar-refractivity contribution >= 4 is 11.6 Å². The van der Waals surface area contributed by atoms with Crippen LogP contribution in [0.15, 0.2) is 36.4 Å². The SMILES string of the molecule is CCc1ccc(Oc2cccc(C(F)(F)F)c2F)cc1Cl. The summed E-state index contributed by atoms with van der Waals surface area (Å²) < 4.78 is 56.8. The lowest BCUT2D eigenvalue weighted by molar-refractivity contribution is -0.140. The fraction of sp³-hybridized carbons (Fsp3) is 0.200. The molecule has 0 bridgehead atoms. The lowest BCUT2D eigenvalue weighted by atomic mass is 10.1. The number of halogens is 5. The minimum atomic E-state index is -4.77. The summed E-state index contributed by atoms with van der Waals surface area (Å²) in [6.07, 6.45) is -4.07. The third-order valence-corrected chi connectivity index (χ3v) is 3.25. The molecule has 0 saturated carbocycles. The van der Waals surface area contributed by atoms with Crippen molar-refractivity contribution in [3.63, 3.8) is 0 Å². The van der Waals surface area contributed by atoms with Crippen molar-refractivity contribution in [2.45, 2.75) is 19.5 Å². The summed E-state index contributed by atoms with van der Waals surface area (Å²) in [4.78, 5) is 0. The van der Waals surface area contributed by atoms with Crippen LogP contribution in [0.3, 0.4) is 0 Å². The van der Waals surface area contributed by atoms with Crippen LogP contribution < -0.4 is 4.74 Å². The van der Waals surface area contributed by atoms with Crippen molar-refractivity contribution in [3.05, 3.63) is 58.4 Å². The van der Waals surface area contributed by atoms with Crippen molar-refractivity contribution in [1.82, 2.24) is 0 Å². The van der Waals surface area contributed by atoms with E-state index in [1.807, 2.05) is 6.92 Å². The Kier molecular flexibility index (Phi) is 4.42. The summed E-state index contributed by atoms with van der Waals surface area (Å²) in [5.74, 6) is -1.76. The molecule has 0 fully saturated rings. The van der Waals surface area contributed by atoms with Crippen LogP contribution in [0.25, 0.3) is 0 Å². The third kappa shape index (κ3) is 3.47. The van der Waals surface area contributed by atoms with Crippen LogP contribution in [-0.2, 0) is 12.6 Å². The van der Waals surface area contributed by atoms with Gasteiger partial charge in [0.15, 0.2) is 11.6 Å². The molecule has 0 atom stereocenters. The molecule has 0 amide bonds. The number of rotatable bonds is 3. The fourth-order valence-corrected chi connectivity index (χ4v) is 2.12. The molecule has 0 heterocycles. The summed E-state index contributed by atoms with van der Waals surface area (Å²) in [5, 5.41) is 0.419.